The van der Waals surface area contributed by atoms with Crippen molar-refractivity contribution in [1.29, 1.82) is 0 Å². The first-order valence-electron chi connectivity index (χ1n) is 8.36. The van der Waals surface area contributed by atoms with Crippen molar-refractivity contribution in [3.8, 4) is 0 Å². The summed E-state index contributed by atoms with van der Waals surface area (Å²) in [6.07, 6.45) is -15.1. The number of benzene rings is 1. The molecule has 2 N–H and O–H groups in total. The van der Waals surface area contributed by atoms with Gasteiger partial charge >= 0.3 is 12.4 Å². The van der Waals surface area contributed by atoms with Gasteiger partial charge in [0.2, 0.25) is 5.91 Å². The molecule has 0 saturated carbocycles. The van der Waals surface area contributed by atoms with E-state index in [-0.39, 0.29) is 11.5 Å². The second-order valence-corrected chi connectivity index (χ2v) is 6.80. The predicted octanol–water partition coefficient (Wildman–Crippen LogP) is 4.88. The van der Waals surface area contributed by atoms with Crippen molar-refractivity contribution in [2.45, 2.75) is 30.9 Å². The number of hydrogen-bond acceptors (Lipinski definition) is 3. The van der Waals surface area contributed by atoms with Gasteiger partial charge in [0.05, 0.1) is 6.33 Å². The fraction of sp³-hybridized carbons (Fsp3) is 0.353. The van der Waals surface area contributed by atoms with E-state index in [1.165, 1.54) is 31.3 Å². The molecule has 170 valence electrons. The van der Waals surface area contributed by atoms with Gasteiger partial charge in [0.15, 0.2) is 5.69 Å². The Morgan fingerprint density at radius 2 is 1.55 bits per heavy atom. The van der Waals surface area contributed by atoms with Crippen molar-refractivity contribution < 1.29 is 40.3 Å². The van der Waals surface area contributed by atoms with E-state index in [0.717, 1.165) is 10.9 Å². The summed E-state index contributed by atoms with van der Waals surface area (Å²) in [5.74, 6) is -2.51. The number of carbonyl (C=O) groups is 2. The SMILES string of the molecule is Cn1cnc(C(=O)Nc2ccc(Cl)cc2)c1NC(=O)CCC(F)(C(F)(F)F)C(F)(F)F. The zero-order valence-electron chi connectivity index (χ0n) is 15.5. The molecular formula is C17H14ClF7N4O2. The number of imidazole rings is 1. The van der Waals surface area contributed by atoms with Crippen LogP contribution in [0.3, 0.4) is 0 Å². The van der Waals surface area contributed by atoms with Crippen molar-refractivity contribution in [2.75, 3.05) is 10.6 Å². The van der Waals surface area contributed by atoms with E-state index in [1.807, 2.05) is 5.32 Å². The third kappa shape index (κ3) is 5.46. The minimum Gasteiger partial charge on any atom is -0.321 e. The molecule has 6 nitrogen and oxygen atoms in total. The summed E-state index contributed by atoms with van der Waals surface area (Å²) in [6, 6.07) is 5.86. The molecule has 2 aromatic rings. The fourth-order valence-electron chi connectivity index (χ4n) is 2.39. The van der Waals surface area contributed by atoms with Crippen LogP contribution in [-0.4, -0.2) is 39.4 Å². The molecule has 1 heterocycles. The van der Waals surface area contributed by atoms with E-state index in [0.29, 0.717) is 10.7 Å². The maximum atomic E-state index is 13.7. The van der Waals surface area contributed by atoms with Crippen LogP contribution in [0.2, 0.25) is 5.02 Å². The largest absolute Gasteiger partial charge is 0.431 e. The van der Waals surface area contributed by atoms with E-state index in [4.69, 9.17) is 11.6 Å². The number of carbonyl (C=O) groups excluding carboxylic acids is 2. The fourth-order valence-corrected chi connectivity index (χ4v) is 2.52. The van der Waals surface area contributed by atoms with Crippen LogP contribution in [0.4, 0.5) is 42.2 Å². The van der Waals surface area contributed by atoms with Crippen LogP contribution in [0.1, 0.15) is 23.3 Å². The first-order valence-corrected chi connectivity index (χ1v) is 8.74. The molecule has 2 amide bonds. The predicted molar refractivity (Wildman–Crippen MR) is 96.4 cm³/mol. The number of rotatable bonds is 6. The summed E-state index contributed by atoms with van der Waals surface area (Å²) < 4.78 is 90.3. The minimum atomic E-state index is -6.26. The number of nitrogens with zero attached hydrogens (tertiary/aromatic N) is 2. The summed E-state index contributed by atoms with van der Waals surface area (Å²) >= 11 is 5.73. The Morgan fingerprint density at radius 3 is 2.06 bits per heavy atom. The number of aryl methyl sites for hydroxylation is 1. The highest BCUT2D eigenvalue weighted by Crippen LogP contribution is 2.48. The van der Waals surface area contributed by atoms with Gasteiger partial charge in [-0.25, -0.2) is 9.37 Å². The van der Waals surface area contributed by atoms with Gasteiger partial charge in [0.25, 0.3) is 11.6 Å². The number of hydrogen-bond donors (Lipinski definition) is 2. The summed E-state index contributed by atoms with van der Waals surface area (Å²) in [6.45, 7) is 0. The lowest BCUT2D eigenvalue weighted by Gasteiger charge is -2.29. The smallest absolute Gasteiger partial charge is 0.321 e. The molecule has 14 heteroatoms. The molecule has 0 saturated heterocycles. The third-order valence-electron chi connectivity index (χ3n) is 4.11. The van der Waals surface area contributed by atoms with Crippen LogP contribution in [0.15, 0.2) is 30.6 Å². The Bertz CT molecular complexity index is 941. The topological polar surface area (TPSA) is 76.0 Å². The lowest BCUT2D eigenvalue weighted by molar-refractivity contribution is -0.342. The summed E-state index contributed by atoms with van der Waals surface area (Å²) in [5, 5.41) is 4.81. The van der Waals surface area contributed by atoms with E-state index in [2.05, 4.69) is 10.3 Å². The summed E-state index contributed by atoms with van der Waals surface area (Å²) in [7, 11) is 1.31. The molecule has 0 unspecified atom stereocenters. The van der Waals surface area contributed by atoms with Crippen molar-refractivity contribution in [3.63, 3.8) is 0 Å². The first kappa shape index (κ1) is 24.4. The van der Waals surface area contributed by atoms with Gasteiger partial charge in [-0.1, -0.05) is 11.6 Å². The monoisotopic (exact) mass is 474 g/mol. The van der Waals surface area contributed by atoms with Gasteiger partial charge in [-0.3, -0.25) is 9.59 Å². The average molecular weight is 475 g/mol. The first-order chi connectivity index (χ1) is 14.2. The Hall–Kier alpha value is -2.83. The van der Waals surface area contributed by atoms with Gasteiger partial charge in [-0.15, -0.1) is 0 Å². The Morgan fingerprint density at radius 1 is 1.00 bits per heavy atom. The number of alkyl halides is 7. The second-order valence-electron chi connectivity index (χ2n) is 6.36. The van der Waals surface area contributed by atoms with Crippen molar-refractivity contribution in [1.82, 2.24) is 9.55 Å². The molecule has 0 aliphatic heterocycles. The van der Waals surface area contributed by atoms with Gasteiger partial charge in [0.1, 0.15) is 5.82 Å². The standard InChI is InChI=1S/C17H14ClF7N4O2/c1-29-8-26-12(14(31)27-10-4-2-9(18)3-5-10)13(29)28-11(30)6-7-15(19,16(20,21)22)17(23,24)25/h2-5,8H,6-7H2,1H3,(H,27,31)(H,28,30). The maximum Gasteiger partial charge on any atom is 0.431 e. The quantitative estimate of drug-likeness (QED) is 0.586. The molecule has 0 aliphatic rings. The minimum absolute atomic E-state index is 0.301. The molecule has 0 spiro atoms. The second kappa shape index (κ2) is 8.73. The van der Waals surface area contributed by atoms with Crippen LogP contribution >= 0.6 is 11.6 Å². The normalized spacial score (nSPS) is 12.5. The molecule has 31 heavy (non-hydrogen) atoms. The lowest BCUT2D eigenvalue weighted by atomic mass is 9.98. The molecule has 1 aromatic heterocycles. The zero-order valence-corrected chi connectivity index (χ0v) is 16.3. The molecule has 0 atom stereocenters. The van der Waals surface area contributed by atoms with Crippen LogP contribution in [-0.2, 0) is 11.8 Å². The number of anilines is 2. The maximum absolute atomic E-state index is 13.7. The number of aromatic nitrogens is 2. The van der Waals surface area contributed by atoms with Crippen LogP contribution in [0.5, 0.6) is 0 Å². The highest BCUT2D eigenvalue weighted by atomic mass is 35.5. The molecule has 0 fully saturated rings. The lowest BCUT2D eigenvalue weighted by Crippen LogP contribution is -2.53. The number of nitrogens with one attached hydrogen (secondary N) is 2. The van der Waals surface area contributed by atoms with Crippen molar-refractivity contribution >= 4 is 34.9 Å². The molecular weight excluding hydrogens is 461 g/mol. The van der Waals surface area contributed by atoms with Crippen LogP contribution in [0, 0.1) is 0 Å². The van der Waals surface area contributed by atoms with Gasteiger partial charge in [-0.2, -0.15) is 26.3 Å². The molecule has 0 aliphatic carbocycles. The highest BCUT2D eigenvalue weighted by Gasteiger charge is 2.71. The Kier molecular flexibility index (Phi) is 6.88. The molecule has 0 radical (unpaired) electrons. The number of amides is 2. The zero-order chi connectivity index (χ0) is 23.6. The van der Waals surface area contributed by atoms with Gasteiger partial charge < -0.3 is 15.2 Å². The number of halogens is 8. The molecule has 1 aromatic carbocycles. The van der Waals surface area contributed by atoms with E-state index in [9.17, 15) is 40.3 Å². The summed E-state index contributed by atoms with van der Waals surface area (Å²) in [4.78, 5) is 28.0. The van der Waals surface area contributed by atoms with E-state index in [1.54, 1.807) is 0 Å². The van der Waals surface area contributed by atoms with E-state index < -0.39 is 42.7 Å². The van der Waals surface area contributed by atoms with Crippen LogP contribution < -0.4 is 10.6 Å². The Balaban J connectivity index is 2.13. The Labute approximate surface area is 175 Å². The molecule has 0 bridgehead atoms. The molecule has 2 rings (SSSR count). The van der Waals surface area contributed by atoms with Crippen molar-refractivity contribution in [2.24, 2.45) is 7.05 Å². The van der Waals surface area contributed by atoms with Crippen molar-refractivity contribution in [3.05, 3.63) is 41.3 Å². The van der Waals surface area contributed by atoms with Gasteiger partial charge in [-0.05, 0) is 24.3 Å². The van der Waals surface area contributed by atoms with E-state index >= 15 is 0 Å². The third-order valence-corrected chi connectivity index (χ3v) is 4.36. The van der Waals surface area contributed by atoms with Crippen LogP contribution in [0.25, 0.3) is 0 Å². The highest BCUT2D eigenvalue weighted by molar-refractivity contribution is 6.30. The summed E-state index contributed by atoms with van der Waals surface area (Å²) in [5.41, 5.74) is -5.63. The van der Waals surface area contributed by atoms with Gasteiger partial charge in [0, 0.05) is 30.6 Å². The average Bonchev–Trinajstić information content (AvgIpc) is 3.00.